The topological polar surface area (TPSA) is 0 Å². The summed E-state index contributed by atoms with van der Waals surface area (Å²) in [4.78, 5) is 0. The van der Waals surface area contributed by atoms with Gasteiger partial charge in [0.2, 0.25) is 0 Å². The predicted octanol–water partition coefficient (Wildman–Crippen LogP) is 5.55. The lowest BCUT2D eigenvalue weighted by Crippen LogP contribution is -3.00. The molecule has 0 heterocycles. The van der Waals surface area contributed by atoms with Gasteiger partial charge < -0.3 is 17.0 Å². The van der Waals surface area contributed by atoms with Crippen LogP contribution in [0.4, 0.5) is 0 Å². The summed E-state index contributed by atoms with van der Waals surface area (Å²) in [5, 5.41) is 0. The van der Waals surface area contributed by atoms with E-state index in [2.05, 4.69) is 27.7 Å². The highest BCUT2D eigenvalue weighted by Gasteiger charge is 2.34. The fraction of sp³-hybridized carbons (Fsp3) is 1.00. The number of hydrogen-bond donors (Lipinski definition) is 0. The van der Waals surface area contributed by atoms with Gasteiger partial charge in [-0.3, -0.25) is 0 Å². The van der Waals surface area contributed by atoms with E-state index in [0.717, 1.165) is 0 Å². The molecule has 0 saturated heterocycles. The molecule has 0 saturated carbocycles. The number of hydrogen-bond acceptors (Lipinski definition) is 0. The van der Waals surface area contributed by atoms with Crippen molar-refractivity contribution in [3.63, 3.8) is 0 Å². The van der Waals surface area contributed by atoms with Gasteiger partial charge in [-0.25, -0.2) is 0 Å². The van der Waals surface area contributed by atoms with Gasteiger partial charge in [-0.1, -0.05) is 72.6 Å². The van der Waals surface area contributed by atoms with Crippen LogP contribution in [-0.4, -0.2) is 24.6 Å². The van der Waals surface area contributed by atoms with Crippen LogP contribution in [0, 0.1) is 0 Å². The number of rotatable bonds is 18. The van der Waals surface area contributed by atoms with Gasteiger partial charge in [-0.15, -0.1) is 0 Å². The van der Waals surface area contributed by atoms with Gasteiger partial charge in [-0.05, 0) is 44.9 Å². The van der Waals surface area contributed by atoms with Crippen LogP contribution in [0.25, 0.3) is 0 Å². The van der Waals surface area contributed by atoms with Crippen molar-refractivity contribution in [1.29, 1.82) is 0 Å². The normalized spacial score (nSPS) is 11.5. The van der Waals surface area contributed by atoms with Crippen LogP contribution < -0.4 is 17.0 Å². The molecule has 0 rings (SSSR count). The highest BCUT2D eigenvalue weighted by atomic mass is 79.9. The van der Waals surface area contributed by atoms with Gasteiger partial charge in [0.15, 0.2) is 0 Å². The lowest BCUT2D eigenvalue weighted by atomic mass is 10.2. The Hall–Kier alpha value is 0.910. The maximum atomic E-state index is 2.39. The van der Waals surface area contributed by atoms with Crippen molar-refractivity contribution in [2.45, 2.75) is 118 Å². The van der Waals surface area contributed by atoms with Crippen LogP contribution >= 0.6 is 7.26 Å². The Labute approximate surface area is 166 Å². The van der Waals surface area contributed by atoms with E-state index in [0.29, 0.717) is 0 Å². The van der Waals surface area contributed by atoms with Gasteiger partial charge in [-0.2, -0.15) is 0 Å². The van der Waals surface area contributed by atoms with E-state index >= 15 is 0 Å². The molecule has 0 spiro atoms. The van der Waals surface area contributed by atoms with Crippen molar-refractivity contribution >= 4 is 7.26 Å². The zero-order chi connectivity index (χ0) is 17.2. The van der Waals surface area contributed by atoms with Crippen LogP contribution in [0.1, 0.15) is 118 Å². The fourth-order valence-electron chi connectivity index (χ4n) is 3.79. The maximum absolute atomic E-state index is 2.39. The third-order valence-corrected chi connectivity index (χ3v) is 10.5. The molecule has 0 aromatic carbocycles. The van der Waals surface area contributed by atoms with Gasteiger partial charge in [0.05, 0.1) is 24.6 Å². The highest BCUT2D eigenvalue weighted by molar-refractivity contribution is 7.75. The van der Waals surface area contributed by atoms with Crippen molar-refractivity contribution in [2.24, 2.45) is 0 Å². The van der Waals surface area contributed by atoms with Gasteiger partial charge >= 0.3 is 0 Å². The Kier molecular flexibility index (Phi) is 22.9. The molecule has 0 aliphatic carbocycles. The van der Waals surface area contributed by atoms with Crippen LogP contribution in [0.15, 0.2) is 0 Å². The smallest absolute Gasteiger partial charge is 0.0594 e. The Bertz CT molecular complexity index is 199. The molecule has 0 aromatic rings. The van der Waals surface area contributed by atoms with Crippen LogP contribution in [-0.2, 0) is 0 Å². The molecule has 0 aliphatic rings. The minimum absolute atomic E-state index is 0. The second kappa shape index (κ2) is 20.2. The first-order valence-electron chi connectivity index (χ1n) is 11.1. The number of halogens is 1. The van der Waals surface area contributed by atoms with E-state index in [1.165, 1.54) is 89.9 Å². The quantitative estimate of drug-likeness (QED) is 0.200. The van der Waals surface area contributed by atoms with Crippen LogP contribution in [0.5, 0.6) is 0 Å². The summed E-state index contributed by atoms with van der Waals surface area (Å²) in [7, 11) is -0.633. The monoisotopic (exact) mass is 422 g/mol. The first-order valence-corrected chi connectivity index (χ1v) is 13.6. The van der Waals surface area contributed by atoms with Crippen molar-refractivity contribution in [1.82, 2.24) is 0 Å². The zero-order valence-corrected chi connectivity index (χ0v) is 20.0. The van der Waals surface area contributed by atoms with E-state index in [9.17, 15) is 0 Å². The van der Waals surface area contributed by atoms with Gasteiger partial charge in [0.25, 0.3) is 0 Å². The van der Waals surface area contributed by atoms with Gasteiger partial charge in [0, 0.05) is 7.26 Å². The molecule has 0 atom stereocenters. The van der Waals surface area contributed by atoms with Gasteiger partial charge in [0.1, 0.15) is 0 Å². The molecule has 2 heteroatoms. The largest absolute Gasteiger partial charge is 1.00 e. The fourth-order valence-corrected chi connectivity index (χ4v) is 8.80. The molecule has 148 valence electrons. The summed E-state index contributed by atoms with van der Waals surface area (Å²) < 4.78 is 0. The molecule has 0 radical (unpaired) electrons. The SMILES string of the molecule is CCCCCC[P+](CCCC)(CCCCCC)CCCCCC.[Br-]. The second-order valence-corrected chi connectivity index (χ2v) is 12.2. The standard InChI is InChI=1S/C22H48P.BrH/c1-5-9-13-16-20-23(19-12-8-4,21-17-14-10-6-2)22-18-15-11-7-3;/h5-22H2,1-4H3;1H/q+1;/p-1. The van der Waals surface area contributed by atoms with Crippen molar-refractivity contribution in [2.75, 3.05) is 24.6 Å². The summed E-state index contributed by atoms with van der Waals surface area (Å²) in [6.07, 6.45) is 27.0. The first-order chi connectivity index (χ1) is 11.2. The van der Waals surface area contributed by atoms with E-state index in [-0.39, 0.29) is 17.0 Å². The molecule has 0 nitrogen and oxygen atoms in total. The third-order valence-electron chi connectivity index (χ3n) is 5.44. The molecular weight excluding hydrogens is 375 g/mol. The second-order valence-electron chi connectivity index (χ2n) is 7.77. The summed E-state index contributed by atoms with van der Waals surface area (Å²) >= 11 is 0. The summed E-state index contributed by atoms with van der Waals surface area (Å²) in [5.74, 6) is 0. The molecule has 0 aliphatic heterocycles. The van der Waals surface area contributed by atoms with E-state index in [4.69, 9.17) is 0 Å². The lowest BCUT2D eigenvalue weighted by Gasteiger charge is -2.28. The Balaban J connectivity index is 0. The molecule has 0 fully saturated rings. The molecule has 0 amide bonds. The molecule has 0 bridgehead atoms. The maximum Gasteiger partial charge on any atom is 0.0594 e. The third kappa shape index (κ3) is 15.2. The zero-order valence-electron chi connectivity index (χ0n) is 17.6. The first kappa shape index (κ1) is 27.1. The van der Waals surface area contributed by atoms with E-state index in [1.54, 1.807) is 24.6 Å². The minimum Gasteiger partial charge on any atom is -1.00 e. The van der Waals surface area contributed by atoms with E-state index in [1.807, 2.05) is 0 Å². The van der Waals surface area contributed by atoms with Crippen LogP contribution in [0.3, 0.4) is 0 Å². The predicted molar refractivity (Wildman–Crippen MR) is 114 cm³/mol. The van der Waals surface area contributed by atoms with Crippen molar-refractivity contribution in [3.8, 4) is 0 Å². The average molecular weight is 424 g/mol. The average Bonchev–Trinajstić information content (AvgIpc) is 2.57. The number of unbranched alkanes of at least 4 members (excludes halogenated alkanes) is 10. The molecule has 24 heavy (non-hydrogen) atoms. The Morgan fingerprint density at radius 3 is 0.958 bits per heavy atom. The summed E-state index contributed by atoms with van der Waals surface area (Å²) in [5.41, 5.74) is 0. The minimum atomic E-state index is -0.633. The van der Waals surface area contributed by atoms with E-state index < -0.39 is 7.26 Å². The summed E-state index contributed by atoms with van der Waals surface area (Å²) in [6.45, 7) is 9.42. The van der Waals surface area contributed by atoms with Crippen molar-refractivity contribution < 1.29 is 17.0 Å². The molecule has 0 N–H and O–H groups in total. The molecule has 0 aromatic heterocycles. The molecule has 0 unspecified atom stereocenters. The lowest BCUT2D eigenvalue weighted by molar-refractivity contribution is -0.00000535. The Morgan fingerprint density at radius 1 is 0.375 bits per heavy atom. The Morgan fingerprint density at radius 2 is 0.667 bits per heavy atom. The van der Waals surface area contributed by atoms with Crippen molar-refractivity contribution in [3.05, 3.63) is 0 Å². The van der Waals surface area contributed by atoms with Crippen LogP contribution in [0.2, 0.25) is 0 Å². The highest BCUT2D eigenvalue weighted by Crippen LogP contribution is 2.61. The summed E-state index contributed by atoms with van der Waals surface area (Å²) in [6, 6.07) is 0. The molecular formula is C22H48BrP.